The van der Waals surface area contributed by atoms with E-state index in [-0.39, 0.29) is 24.1 Å². The molecule has 1 saturated heterocycles. The molecule has 0 radical (unpaired) electrons. The first-order chi connectivity index (χ1) is 17.7. The van der Waals surface area contributed by atoms with Gasteiger partial charge in [0.15, 0.2) is 5.69 Å². The maximum atomic E-state index is 14.2. The van der Waals surface area contributed by atoms with Crippen molar-refractivity contribution in [3.8, 4) is 11.3 Å². The summed E-state index contributed by atoms with van der Waals surface area (Å²) in [5, 5.41) is 9.12. The highest BCUT2D eigenvalue weighted by Gasteiger charge is 2.31. The van der Waals surface area contributed by atoms with Gasteiger partial charge in [0.25, 0.3) is 5.91 Å². The smallest absolute Gasteiger partial charge is 0.274 e. The summed E-state index contributed by atoms with van der Waals surface area (Å²) in [4.78, 5) is 48.2. The number of likely N-dealkylation sites (tertiary alicyclic amines) is 1. The molecule has 0 saturated carbocycles. The van der Waals surface area contributed by atoms with Gasteiger partial charge in [0.1, 0.15) is 23.4 Å². The van der Waals surface area contributed by atoms with Crippen LogP contribution in [0.25, 0.3) is 11.3 Å². The third kappa shape index (κ3) is 6.22. The van der Waals surface area contributed by atoms with Crippen LogP contribution >= 0.6 is 0 Å². The third-order valence-electron chi connectivity index (χ3n) is 6.51. The van der Waals surface area contributed by atoms with Crippen molar-refractivity contribution in [1.82, 2.24) is 30.7 Å². The van der Waals surface area contributed by atoms with Crippen LogP contribution in [0.3, 0.4) is 0 Å². The number of carbonyl (C=O) groups is 3. The van der Waals surface area contributed by atoms with E-state index in [0.29, 0.717) is 29.4 Å². The molecule has 1 aromatic carbocycles. The zero-order chi connectivity index (χ0) is 26.5. The number of carbonyl (C=O) groups excluding carboxylic acids is 3. The van der Waals surface area contributed by atoms with E-state index < -0.39 is 29.7 Å². The molecule has 3 amide bonds. The van der Waals surface area contributed by atoms with Crippen LogP contribution in [0.5, 0.6) is 0 Å². The van der Waals surface area contributed by atoms with Gasteiger partial charge in [-0.15, -0.1) is 0 Å². The summed E-state index contributed by atoms with van der Waals surface area (Å²) in [7, 11) is 0. The van der Waals surface area contributed by atoms with Crippen LogP contribution in [-0.2, 0) is 9.59 Å². The molecule has 196 valence electrons. The Morgan fingerprint density at radius 3 is 2.73 bits per heavy atom. The molecule has 0 bridgehead atoms. The molecular formula is C26H31FN6O4. The summed E-state index contributed by atoms with van der Waals surface area (Å²) in [5.41, 5.74) is 0.839. The van der Waals surface area contributed by atoms with Crippen LogP contribution in [0, 0.1) is 12.7 Å². The van der Waals surface area contributed by atoms with Gasteiger partial charge in [-0.25, -0.2) is 9.37 Å². The molecule has 0 aliphatic carbocycles. The van der Waals surface area contributed by atoms with E-state index in [4.69, 9.17) is 4.52 Å². The predicted octanol–water partition coefficient (Wildman–Crippen LogP) is 3.28. The van der Waals surface area contributed by atoms with Crippen molar-refractivity contribution in [1.29, 1.82) is 0 Å². The molecule has 11 heteroatoms. The molecule has 37 heavy (non-hydrogen) atoms. The van der Waals surface area contributed by atoms with E-state index in [0.717, 1.165) is 19.3 Å². The number of imidazole rings is 1. The molecule has 10 nitrogen and oxygen atoms in total. The molecule has 2 unspecified atom stereocenters. The molecule has 1 fully saturated rings. The zero-order valence-electron chi connectivity index (χ0n) is 21.1. The highest BCUT2D eigenvalue weighted by molar-refractivity contribution is 5.97. The Labute approximate surface area is 214 Å². The highest BCUT2D eigenvalue weighted by Crippen LogP contribution is 2.22. The van der Waals surface area contributed by atoms with Crippen molar-refractivity contribution < 1.29 is 23.3 Å². The van der Waals surface area contributed by atoms with E-state index in [1.807, 2.05) is 6.92 Å². The molecule has 0 spiro atoms. The maximum absolute atomic E-state index is 14.2. The monoisotopic (exact) mass is 510 g/mol. The number of aryl methyl sites for hydroxylation is 1. The number of H-pyrrole nitrogens is 1. The second-order valence-electron chi connectivity index (χ2n) is 9.38. The highest BCUT2D eigenvalue weighted by atomic mass is 19.1. The summed E-state index contributed by atoms with van der Waals surface area (Å²) in [5.74, 6) is -0.935. The molecule has 1 aliphatic rings. The fraction of sp³-hybridized carbons (Fsp3) is 0.423. The molecule has 4 rings (SSSR count). The summed E-state index contributed by atoms with van der Waals surface area (Å²) in [6, 6.07) is 6.06. The van der Waals surface area contributed by atoms with Crippen LogP contribution in [0.1, 0.15) is 67.6 Å². The molecule has 3 N–H and O–H groups in total. The van der Waals surface area contributed by atoms with Crippen molar-refractivity contribution in [3.63, 3.8) is 0 Å². The molecule has 3 heterocycles. The number of hydrogen-bond donors (Lipinski definition) is 3. The first-order valence-corrected chi connectivity index (χ1v) is 12.4. The van der Waals surface area contributed by atoms with Crippen LogP contribution in [-0.4, -0.2) is 56.4 Å². The van der Waals surface area contributed by atoms with Crippen molar-refractivity contribution in [3.05, 3.63) is 59.6 Å². The lowest BCUT2D eigenvalue weighted by molar-refractivity contribution is -0.137. The predicted molar refractivity (Wildman–Crippen MR) is 133 cm³/mol. The summed E-state index contributed by atoms with van der Waals surface area (Å²) >= 11 is 0. The average Bonchev–Trinajstić information content (AvgIpc) is 3.53. The Hall–Kier alpha value is -4.02. The van der Waals surface area contributed by atoms with Gasteiger partial charge in [-0.2, -0.15) is 0 Å². The van der Waals surface area contributed by atoms with Crippen LogP contribution in [0.15, 0.2) is 41.1 Å². The fourth-order valence-electron chi connectivity index (χ4n) is 4.43. The standard InChI is InChI=1S/C26H31FN6O4/c1-15-8-6-7-11-33(15)23(34)13-20(31-26(36)21-12-16(2)37-32-21)25(35)29-17(3)24-28-14-22(30-24)18-9-4-5-10-19(18)27/h4-5,9-10,12,14-15,17,20H,6-8,11,13H2,1-3H3,(H,28,30)(H,29,35)(H,31,36)/t15?,17-,20?/m0/s1. The van der Waals surface area contributed by atoms with Crippen molar-refractivity contribution in [2.45, 2.75) is 64.6 Å². The minimum atomic E-state index is -1.14. The van der Waals surface area contributed by atoms with Crippen LogP contribution in [0.2, 0.25) is 0 Å². The third-order valence-corrected chi connectivity index (χ3v) is 6.51. The first kappa shape index (κ1) is 26.1. The fourth-order valence-corrected chi connectivity index (χ4v) is 4.43. The number of amides is 3. The Kier molecular flexibility index (Phi) is 8.00. The van der Waals surface area contributed by atoms with E-state index >= 15 is 0 Å². The first-order valence-electron chi connectivity index (χ1n) is 12.4. The van der Waals surface area contributed by atoms with E-state index in [9.17, 15) is 18.8 Å². The second-order valence-corrected chi connectivity index (χ2v) is 9.38. The van der Waals surface area contributed by atoms with Gasteiger partial charge in [-0.3, -0.25) is 14.4 Å². The normalized spacial score (nSPS) is 17.2. The average molecular weight is 511 g/mol. The maximum Gasteiger partial charge on any atom is 0.274 e. The number of rotatable bonds is 8. The largest absolute Gasteiger partial charge is 0.361 e. The van der Waals surface area contributed by atoms with E-state index in [1.165, 1.54) is 18.3 Å². The lowest BCUT2D eigenvalue weighted by Crippen LogP contribution is -2.51. The number of nitrogens with one attached hydrogen (secondary N) is 3. The van der Waals surface area contributed by atoms with Gasteiger partial charge in [0.2, 0.25) is 11.8 Å². The number of piperidine rings is 1. The van der Waals surface area contributed by atoms with Gasteiger partial charge in [0.05, 0.1) is 24.4 Å². The summed E-state index contributed by atoms with van der Waals surface area (Å²) < 4.78 is 19.1. The minimum Gasteiger partial charge on any atom is -0.361 e. The molecule has 1 aliphatic heterocycles. The van der Waals surface area contributed by atoms with E-state index in [2.05, 4.69) is 25.8 Å². The lowest BCUT2D eigenvalue weighted by Gasteiger charge is -2.34. The molecule has 2 aromatic heterocycles. The number of nitrogens with zero attached hydrogens (tertiary/aromatic N) is 3. The molecular weight excluding hydrogens is 479 g/mol. The van der Waals surface area contributed by atoms with Gasteiger partial charge in [-0.05, 0) is 52.2 Å². The Balaban J connectivity index is 1.48. The SMILES string of the molecule is Cc1cc(C(=O)NC(CC(=O)N2CCCCC2C)C(=O)N[C@@H](C)c2ncc(-c3ccccc3F)[nH]2)no1. The van der Waals surface area contributed by atoms with Crippen molar-refractivity contribution in [2.75, 3.05) is 6.54 Å². The lowest BCUT2D eigenvalue weighted by atomic mass is 10.0. The van der Waals surface area contributed by atoms with Crippen molar-refractivity contribution in [2.24, 2.45) is 0 Å². The number of aromatic amines is 1. The molecule has 3 aromatic rings. The summed E-state index contributed by atoms with van der Waals surface area (Å²) in [6.45, 7) is 5.95. The van der Waals surface area contributed by atoms with Gasteiger partial charge >= 0.3 is 0 Å². The topological polar surface area (TPSA) is 133 Å². The quantitative estimate of drug-likeness (QED) is 0.426. The Morgan fingerprint density at radius 2 is 2.03 bits per heavy atom. The second kappa shape index (κ2) is 11.4. The Morgan fingerprint density at radius 1 is 1.24 bits per heavy atom. The van der Waals surface area contributed by atoms with Gasteiger partial charge in [-0.1, -0.05) is 17.3 Å². The van der Waals surface area contributed by atoms with Crippen molar-refractivity contribution >= 4 is 17.7 Å². The number of hydrogen-bond acceptors (Lipinski definition) is 6. The van der Waals surface area contributed by atoms with Gasteiger partial charge < -0.3 is 25.0 Å². The summed E-state index contributed by atoms with van der Waals surface area (Å²) in [6.07, 6.45) is 4.13. The number of benzene rings is 1. The zero-order valence-corrected chi connectivity index (χ0v) is 21.1. The molecule has 3 atom stereocenters. The minimum absolute atomic E-state index is 0.0164. The van der Waals surface area contributed by atoms with Crippen LogP contribution in [0.4, 0.5) is 4.39 Å². The van der Waals surface area contributed by atoms with Crippen LogP contribution < -0.4 is 10.6 Å². The van der Waals surface area contributed by atoms with Gasteiger partial charge in [0, 0.05) is 24.2 Å². The number of halogens is 1. The Bertz CT molecular complexity index is 1270. The number of aromatic nitrogens is 3. The van der Waals surface area contributed by atoms with E-state index in [1.54, 1.807) is 36.9 Å².